The van der Waals surface area contributed by atoms with Crippen LogP contribution < -0.4 is 5.73 Å². The highest BCUT2D eigenvalue weighted by molar-refractivity contribution is 7.99. The van der Waals surface area contributed by atoms with E-state index in [1.54, 1.807) is 0 Å². The van der Waals surface area contributed by atoms with Gasteiger partial charge >= 0.3 is 0 Å². The average molecular weight is 213 g/mol. The molecule has 0 bridgehead atoms. The van der Waals surface area contributed by atoms with Gasteiger partial charge in [-0.2, -0.15) is 16.9 Å². The molecule has 0 saturated heterocycles. The van der Waals surface area contributed by atoms with Crippen molar-refractivity contribution < 1.29 is 0 Å². The van der Waals surface area contributed by atoms with E-state index in [9.17, 15) is 0 Å². The van der Waals surface area contributed by atoms with E-state index in [0.717, 1.165) is 24.3 Å². The normalized spacial score (nSPS) is 13.1. The number of aryl methyl sites for hydroxylation is 2. The molecule has 3 nitrogen and oxygen atoms in total. The molecule has 2 N–H and O–H groups in total. The number of hydrogen-bond donors (Lipinski definition) is 1. The van der Waals surface area contributed by atoms with Gasteiger partial charge < -0.3 is 5.73 Å². The zero-order valence-electron chi connectivity index (χ0n) is 8.94. The highest BCUT2D eigenvalue weighted by Crippen LogP contribution is 2.07. The second kappa shape index (κ2) is 6.09. The van der Waals surface area contributed by atoms with Crippen LogP contribution in [0.25, 0.3) is 0 Å². The lowest BCUT2D eigenvalue weighted by molar-refractivity contribution is 0.629. The molecular weight excluding hydrogens is 194 g/mol. The molecule has 0 spiro atoms. The number of nitrogens with zero attached hydrogens (tertiary/aromatic N) is 2. The predicted molar refractivity (Wildman–Crippen MR) is 62.5 cm³/mol. The van der Waals surface area contributed by atoms with Crippen molar-refractivity contribution in [2.75, 3.05) is 11.5 Å². The molecule has 1 aromatic rings. The van der Waals surface area contributed by atoms with Crippen molar-refractivity contribution >= 4 is 11.8 Å². The van der Waals surface area contributed by atoms with Gasteiger partial charge in [0.1, 0.15) is 0 Å². The largest absolute Gasteiger partial charge is 0.327 e. The van der Waals surface area contributed by atoms with Crippen LogP contribution in [-0.2, 0) is 13.5 Å². The van der Waals surface area contributed by atoms with Crippen molar-refractivity contribution in [1.29, 1.82) is 0 Å². The van der Waals surface area contributed by atoms with E-state index >= 15 is 0 Å². The third-order valence-corrected chi connectivity index (χ3v) is 3.30. The van der Waals surface area contributed by atoms with Gasteiger partial charge in [0, 0.05) is 30.7 Å². The summed E-state index contributed by atoms with van der Waals surface area (Å²) in [7, 11) is 1.97. The van der Waals surface area contributed by atoms with Crippen LogP contribution in [0.5, 0.6) is 0 Å². The molecule has 80 valence electrons. The van der Waals surface area contributed by atoms with Crippen LogP contribution in [0, 0.1) is 0 Å². The van der Waals surface area contributed by atoms with E-state index in [2.05, 4.69) is 18.1 Å². The minimum Gasteiger partial charge on any atom is -0.327 e. The molecule has 1 rings (SSSR count). The summed E-state index contributed by atoms with van der Waals surface area (Å²) < 4.78 is 1.92. The first-order chi connectivity index (χ1) is 6.74. The molecule has 1 aromatic heterocycles. The van der Waals surface area contributed by atoms with Gasteiger partial charge in [-0.05, 0) is 24.7 Å². The van der Waals surface area contributed by atoms with Crippen LogP contribution >= 0.6 is 11.8 Å². The Kier molecular flexibility index (Phi) is 5.04. The van der Waals surface area contributed by atoms with Crippen molar-refractivity contribution in [1.82, 2.24) is 9.78 Å². The third kappa shape index (κ3) is 3.72. The van der Waals surface area contributed by atoms with Crippen LogP contribution in [0.2, 0.25) is 0 Å². The Balaban J connectivity index is 2.23. The highest BCUT2D eigenvalue weighted by atomic mass is 32.2. The van der Waals surface area contributed by atoms with Crippen molar-refractivity contribution in [2.45, 2.75) is 25.8 Å². The van der Waals surface area contributed by atoms with Crippen molar-refractivity contribution in [2.24, 2.45) is 12.8 Å². The number of hydrogen-bond acceptors (Lipinski definition) is 3. The summed E-state index contributed by atoms with van der Waals surface area (Å²) in [5.41, 5.74) is 7.24. The number of thioether (sulfide) groups is 1. The summed E-state index contributed by atoms with van der Waals surface area (Å²) in [6.07, 6.45) is 3.91. The maximum atomic E-state index is 5.98. The molecule has 0 aliphatic rings. The first-order valence-electron chi connectivity index (χ1n) is 5.04. The fraction of sp³-hybridized carbons (Fsp3) is 0.700. The Hall–Kier alpha value is -0.480. The topological polar surface area (TPSA) is 43.8 Å². The molecule has 14 heavy (non-hydrogen) atoms. The quantitative estimate of drug-likeness (QED) is 0.777. The summed E-state index contributed by atoms with van der Waals surface area (Å²) in [5, 5.41) is 4.13. The fourth-order valence-corrected chi connectivity index (χ4v) is 2.04. The predicted octanol–water partition coefficient (Wildman–Crippen LogP) is 1.43. The highest BCUT2D eigenvalue weighted by Gasteiger charge is 2.04. The minimum absolute atomic E-state index is 0.315. The number of aromatic nitrogens is 2. The Morgan fingerprint density at radius 3 is 3.00 bits per heavy atom. The molecule has 0 aromatic carbocycles. The molecule has 0 amide bonds. The molecule has 0 aliphatic carbocycles. The maximum Gasteiger partial charge on any atom is 0.0492 e. The zero-order valence-corrected chi connectivity index (χ0v) is 9.76. The van der Waals surface area contributed by atoms with Gasteiger partial charge in [0.05, 0.1) is 0 Å². The van der Waals surface area contributed by atoms with Gasteiger partial charge in [-0.1, -0.05) is 6.92 Å². The molecule has 4 heteroatoms. The summed E-state index contributed by atoms with van der Waals surface area (Å²) in [4.78, 5) is 0. The fourth-order valence-electron chi connectivity index (χ4n) is 1.33. The monoisotopic (exact) mass is 213 g/mol. The zero-order chi connectivity index (χ0) is 10.4. The van der Waals surface area contributed by atoms with Crippen molar-refractivity contribution in [3.63, 3.8) is 0 Å². The summed E-state index contributed by atoms with van der Waals surface area (Å²) >= 11 is 1.91. The SMILES string of the molecule is CCSCC(N)CCc1ccnn1C. The minimum atomic E-state index is 0.315. The summed E-state index contributed by atoms with van der Waals surface area (Å²) in [6.45, 7) is 2.17. The summed E-state index contributed by atoms with van der Waals surface area (Å²) in [6, 6.07) is 2.37. The first kappa shape index (κ1) is 11.6. The smallest absolute Gasteiger partial charge is 0.0492 e. The molecule has 1 heterocycles. The molecule has 1 atom stereocenters. The molecular formula is C10H19N3S. The average Bonchev–Trinajstić information content (AvgIpc) is 2.58. The van der Waals surface area contributed by atoms with Crippen LogP contribution in [0.1, 0.15) is 19.0 Å². The van der Waals surface area contributed by atoms with Crippen molar-refractivity contribution in [3.8, 4) is 0 Å². The third-order valence-electron chi connectivity index (χ3n) is 2.23. The molecule has 0 fully saturated rings. The van der Waals surface area contributed by atoms with E-state index in [4.69, 9.17) is 5.73 Å². The van der Waals surface area contributed by atoms with Gasteiger partial charge in [-0.15, -0.1) is 0 Å². The van der Waals surface area contributed by atoms with Gasteiger partial charge in [0.15, 0.2) is 0 Å². The second-order valence-electron chi connectivity index (χ2n) is 3.40. The first-order valence-corrected chi connectivity index (χ1v) is 6.19. The number of rotatable bonds is 6. The van der Waals surface area contributed by atoms with Crippen LogP contribution in [0.15, 0.2) is 12.3 Å². The van der Waals surface area contributed by atoms with Crippen LogP contribution in [0.4, 0.5) is 0 Å². The Morgan fingerprint density at radius 2 is 2.43 bits per heavy atom. The van der Waals surface area contributed by atoms with E-state index in [1.165, 1.54) is 5.69 Å². The van der Waals surface area contributed by atoms with E-state index in [0.29, 0.717) is 6.04 Å². The number of nitrogens with two attached hydrogens (primary N) is 1. The van der Waals surface area contributed by atoms with Gasteiger partial charge in [-0.3, -0.25) is 4.68 Å². The van der Waals surface area contributed by atoms with Crippen molar-refractivity contribution in [3.05, 3.63) is 18.0 Å². The standard InChI is InChI=1S/C10H19N3S/c1-3-14-8-9(11)4-5-10-6-7-12-13(10)2/h6-7,9H,3-5,8,11H2,1-2H3. The molecule has 0 saturated carbocycles. The van der Waals surface area contributed by atoms with Gasteiger partial charge in [-0.25, -0.2) is 0 Å². The van der Waals surface area contributed by atoms with E-state index < -0.39 is 0 Å². The maximum absolute atomic E-state index is 5.98. The lowest BCUT2D eigenvalue weighted by atomic mass is 10.1. The van der Waals surface area contributed by atoms with E-state index in [-0.39, 0.29) is 0 Å². The Bertz CT molecular complexity index is 260. The van der Waals surface area contributed by atoms with E-state index in [1.807, 2.05) is 29.7 Å². The molecule has 0 radical (unpaired) electrons. The molecule has 0 aliphatic heterocycles. The van der Waals surface area contributed by atoms with Crippen LogP contribution in [0.3, 0.4) is 0 Å². The Labute approximate surface area is 90.1 Å². The Morgan fingerprint density at radius 1 is 1.64 bits per heavy atom. The van der Waals surface area contributed by atoms with Gasteiger partial charge in [0.25, 0.3) is 0 Å². The lowest BCUT2D eigenvalue weighted by Gasteiger charge is -2.10. The van der Waals surface area contributed by atoms with Gasteiger partial charge in [0.2, 0.25) is 0 Å². The molecule has 1 unspecified atom stereocenters. The summed E-state index contributed by atoms with van der Waals surface area (Å²) in [5.74, 6) is 2.22. The lowest BCUT2D eigenvalue weighted by Crippen LogP contribution is -2.24. The van der Waals surface area contributed by atoms with Crippen LogP contribution in [-0.4, -0.2) is 27.3 Å². The second-order valence-corrected chi connectivity index (χ2v) is 4.72.